The van der Waals surface area contributed by atoms with E-state index in [0.29, 0.717) is 42.1 Å². The first-order valence-electron chi connectivity index (χ1n) is 12.9. The highest BCUT2D eigenvalue weighted by molar-refractivity contribution is 6.62. The number of amides is 1. The molecule has 1 amide bonds. The van der Waals surface area contributed by atoms with Crippen molar-refractivity contribution in [2.45, 2.75) is 76.0 Å². The summed E-state index contributed by atoms with van der Waals surface area (Å²) in [4.78, 5) is 23.8. The first kappa shape index (κ1) is 26.6. The monoisotopic (exact) mass is 528 g/mol. The minimum atomic E-state index is -1.30. The number of alkyl halides is 1. The Balaban J connectivity index is 1.36. The minimum absolute atomic E-state index is 0.0498. The molecular formula is C26H34BFN4O6. The highest BCUT2D eigenvalue weighted by atomic mass is 19.1. The molecule has 0 aliphatic carbocycles. The fraction of sp³-hybridized carbons (Fsp3) is 0.577. The van der Waals surface area contributed by atoms with E-state index in [1.54, 1.807) is 31.5 Å². The molecule has 3 fully saturated rings. The lowest BCUT2D eigenvalue weighted by Crippen LogP contribution is -2.58. The molecule has 204 valence electrons. The molecule has 5 atom stereocenters. The number of hydrogen-bond acceptors (Lipinski definition) is 8. The van der Waals surface area contributed by atoms with Crippen LogP contribution in [0.3, 0.4) is 0 Å². The molecule has 3 saturated heterocycles. The molecule has 0 saturated carbocycles. The van der Waals surface area contributed by atoms with Crippen LogP contribution in [0.2, 0.25) is 0 Å². The second-order valence-electron chi connectivity index (χ2n) is 10.7. The zero-order chi connectivity index (χ0) is 27.2. The van der Waals surface area contributed by atoms with Crippen LogP contribution >= 0.6 is 0 Å². The minimum Gasteiger partial charge on any atom is -0.467 e. The van der Waals surface area contributed by atoms with Gasteiger partial charge in [-0.1, -0.05) is 6.07 Å². The first-order chi connectivity index (χ1) is 18.1. The number of fused-ring (bicyclic) bond motifs is 2. The Morgan fingerprint density at radius 1 is 1.32 bits per heavy atom. The van der Waals surface area contributed by atoms with Crippen molar-refractivity contribution in [3.8, 4) is 17.0 Å². The first-order valence-corrected chi connectivity index (χ1v) is 12.9. The summed E-state index contributed by atoms with van der Waals surface area (Å²) in [5.41, 5.74) is 1.71. The second-order valence-corrected chi connectivity index (χ2v) is 10.7. The van der Waals surface area contributed by atoms with E-state index in [1.807, 2.05) is 39.0 Å². The van der Waals surface area contributed by atoms with Gasteiger partial charge in [0.2, 0.25) is 0 Å². The van der Waals surface area contributed by atoms with Gasteiger partial charge in [0.15, 0.2) is 6.79 Å². The topological polar surface area (TPSA) is 106 Å². The Bertz CT molecular complexity index is 1170. The number of methoxy groups -OCH3 is 1. The van der Waals surface area contributed by atoms with E-state index < -0.39 is 37.1 Å². The van der Waals surface area contributed by atoms with Crippen LogP contribution in [0.1, 0.15) is 40.0 Å². The molecule has 2 aromatic rings. The molecule has 12 heteroatoms. The molecule has 3 aliphatic rings. The van der Waals surface area contributed by atoms with Gasteiger partial charge in [-0.15, -0.1) is 0 Å². The smallest absolute Gasteiger partial charge is 0.467 e. The molecule has 10 nitrogen and oxygen atoms in total. The normalized spacial score (nSPS) is 28.0. The molecule has 3 aliphatic heterocycles. The third-order valence-electron chi connectivity index (χ3n) is 8.12. The van der Waals surface area contributed by atoms with Crippen molar-refractivity contribution in [2.75, 3.05) is 25.9 Å². The maximum atomic E-state index is 15.4. The van der Waals surface area contributed by atoms with Crippen LogP contribution in [0, 0.1) is 0 Å². The number of ether oxygens (including phenoxy) is 2. The number of carbonyl (C=O) groups is 1. The van der Waals surface area contributed by atoms with Crippen LogP contribution in [0.5, 0.6) is 5.75 Å². The van der Waals surface area contributed by atoms with E-state index >= 15 is 4.39 Å². The molecule has 1 unspecified atom stereocenters. The zero-order valence-corrected chi connectivity index (χ0v) is 22.3. The molecule has 4 heterocycles. The van der Waals surface area contributed by atoms with Crippen LogP contribution in [0.25, 0.3) is 11.3 Å². The fourth-order valence-corrected chi connectivity index (χ4v) is 5.64. The zero-order valence-electron chi connectivity index (χ0n) is 22.3. The SMILES string of the molecule is COCOc1cc(B2OC(C)C(C)(C)O2)ccc1-c1cnc(N(C)[C@@H]2C[C@H]3CC[C@@H]([C@@H]2F)N3C(=O)O)cn1. The maximum absolute atomic E-state index is 15.4. The lowest BCUT2D eigenvalue weighted by molar-refractivity contribution is 0.0489. The Morgan fingerprint density at radius 3 is 2.74 bits per heavy atom. The molecule has 1 aromatic heterocycles. The van der Waals surface area contributed by atoms with E-state index in [0.717, 1.165) is 5.46 Å². The van der Waals surface area contributed by atoms with Crippen LogP contribution in [0.4, 0.5) is 15.0 Å². The van der Waals surface area contributed by atoms with Crippen molar-refractivity contribution in [3.05, 3.63) is 30.6 Å². The van der Waals surface area contributed by atoms with Crippen LogP contribution in [0.15, 0.2) is 30.6 Å². The van der Waals surface area contributed by atoms with Crippen LogP contribution in [-0.4, -0.2) is 90.1 Å². The molecule has 1 aromatic carbocycles. The van der Waals surface area contributed by atoms with Gasteiger partial charge in [-0.2, -0.15) is 0 Å². The molecule has 2 bridgehead atoms. The van der Waals surface area contributed by atoms with Crippen molar-refractivity contribution >= 4 is 24.5 Å². The third-order valence-corrected chi connectivity index (χ3v) is 8.12. The van der Waals surface area contributed by atoms with Gasteiger partial charge < -0.3 is 28.8 Å². The summed E-state index contributed by atoms with van der Waals surface area (Å²) in [6.45, 7) is 6.02. The standard InChI is InChI=1S/C26H34BFN4O6/c1-15-26(2,3)38-27(37-15)16-6-8-18(22(10-16)36-14-35-5)19-12-30-23(13-29-19)31(4)21-11-17-7-9-20(24(21)28)32(17)25(33)34/h6,8,10,12-13,15,17,20-21,24H,7,9,11,14H2,1-5H3,(H,33,34)/t15?,17-,20+,21-,24+/m1/s1. The van der Waals surface area contributed by atoms with Gasteiger partial charge in [0, 0.05) is 25.8 Å². The van der Waals surface area contributed by atoms with Gasteiger partial charge in [-0.05, 0) is 57.6 Å². The van der Waals surface area contributed by atoms with Crippen molar-refractivity contribution in [1.82, 2.24) is 14.9 Å². The van der Waals surface area contributed by atoms with Gasteiger partial charge in [-0.3, -0.25) is 9.88 Å². The summed E-state index contributed by atoms with van der Waals surface area (Å²) < 4.78 is 38.5. The Labute approximate surface area is 222 Å². The van der Waals surface area contributed by atoms with E-state index in [-0.39, 0.29) is 18.9 Å². The van der Waals surface area contributed by atoms with Crippen molar-refractivity contribution < 1.29 is 33.1 Å². The molecular weight excluding hydrogens is 494 g/mol. The van der Waals surface area contributed by atoms with Gasteiger partial charge in [0.05, 0.1) is 41.9 Å². The average Bonchev–Trinajstić information content (AvgIpc) is 3.39. The van der Waals surface area contributed by atoms with Crippen LogP contribution < -0.4 is 15.1 Å². The van der Waals surface area contributed by atoms with Gasteiger partial charge in [-0.25, -0.2) is 14.2 Å². The van der Waals surface area contributed by atoms with E-state index in [1.165, 1.54) is 4.90 Å². The predicted molar refractivity (Wildman–Crippen MR) is 139 cm³/mol. The summed E-state index contributed by atoms with van der Waals surface area (Å²) in [6, 6.07) is 4.38. The van der Waals surface area contributed by atoms with E-state index in [4.69, 9.17) is 18.8 Å². The number of halogens is 1. The number of rotatable bonds is 7. The summed E-state index contributed by atoms with van der Waals surface area (Å²) >= 11 is 0. The lowest BCUT2D eigenvalue weighted by Gasteiger charge is -2.43. The van der Waals surface area contributed by atoms with Crippen molar-refractivity contribution in [2.24, 2.45) is 0 Å². The Hall–Kier alpha value is -2.96. The Morgan fingerprint density at radius 2 is 2.11 bits per heavy atom. The number of aromatic nitrogens is 2. The average molecular weight is 528 g/mol. The summed E-state index contributed by atoms with van der Waals surface area (Å²) in [5, 5.41) is 9.50. The highest BCUT2D eigenvalue weighted by Crippen LogP contribution is 2.40. The van der Waals surface area contributed by atoms with Crippen molar-refractivity contribution in [3.63, 3.8) is 0 Å². The summed E-state index contributed by atoms with van der Waals surface area (Å²) in [7, 11) is 2.81. The number of benzene rings is 1. The fourth-order valence-electron chi connectivity index (χ4n) is 5.64. The maximum Gasteiger partial charge on any atom is 0.494 e. The summed E-state index contributed by atoms with van der Waals surface area (Å²) in [6.07, 6.45) is 2.46. The molecule has 1 N–H and O–H groups in total. The van der Waals surface area contributed by atoms with E-state index in [2.05, 4.69) is 9.97 Å². The number of hydrogen-bond donors (Lipinski definition) is 1. The highest BCUT2D eigenvalue weighted by Gasteiger charge is 2.51. The van der Waals surface area contributed by atoms with E-state index in [9.17, 15) is 9.90 Å². The molecule has 0 radical (unpaired) electrons. The second kappa shape index (κ2) is 10.3. The number of piperidine rings is 1. The van der Waals surface area contributed by atoms with Gasteiger partial charge in [0.25, 0.3) is 0 Å². The summed E-state index contributed by atoms with van der Waals surface area (Å²) in [5.74, 6) is 1.07. The van der Waals surface area contributed by atoms with Gasteiger partial charge >= 0.3 is 13.2 Å². The van der Waals surface area contributed by atoms with Crippen molar-refractivity contribution in [1.29, 1.82) is 0 Å². The number of nitrogens with zero attached hydrogens (tertiary/aromatic N) is 4. The molecule has 5 rings (SSSR count). The lowest BCUT2D eigenvalue weighted by atomic mass is 9.78. The quantitative estimate of drug-likeness (QED) is 0.429. The molecule has 0 spiro atoms. The largest absolute Gasteiger partial charge is 0.494 e. The number of carboxylic acid groups (broad SMARTS) is 1. The number of anilines is 1. The van der Waals surface area contributed by atoms with Gasteiger partial charge in [0.1, 0.15) is 17.7 Å². The third kappa shape index (κ3) is 4.80. The molecule has 38 heavy (non-hydrogen) atoms. The van der Waals surface area contributed by atoms with Crippen LogP contribution in [-0.2, 0) is 14.0 Å². The Kier molecular flexibility index (Phi) is 7.23. The predicted octanol–water partition coefficient (Wildman–Crippen LogP) is 3.09.